The highest BCUT2D eigenvalue weighted by Gasteiger charge is 2.34. The quantitative estimate of drug-likeness (QED) is 0.0123. The van der Waals surface area contributed by atoms with Crippen molar-refractivity contribution >= 4 is 57.5 Å². The number of ether oxygens (including phenoxy) is 4. The van der Waals surface area contributed by atoms with Gasteiger partial charge in [0.25, 0.3) is 0 Å². The molecule has 0 aliphatic heterocycles. The Kier molecular flexibility index (Phi) is 33.0. The van der Waals surface area contributed by atoms with Crippen LogP contribution in [0.2, 0.25) is 0 Å². The Hall–Kier alpha value is -7.56. The lowest BCUT2D eigenvalue weighted by Crippen LogP contribution is -2.53. The molecule has 4 atom stereocenters. The summed E-state index contributed by atoms with van der Waals surface area (Å²) in [4.78, 5) is 81.7. The van der Waals surface area contributed by atoms with Crippen molar-refractivity contribution in [1.29, 1.82) is 0 Å². The fourth-order valence-electron chi connectivity index (χ4n) is 13.3. The smallest absolute Gasteiger partial charge is 0.407 e. The number of esters is 2. The minimum atomic E-state index is -0.915. The molecular formula is C82H106N4O10S2. The van der Waals surface area contributed by atoms with Gasteiger partial charge in [-0.2, -0.15) is 0 Å². The van der Waals surface area contributed by atoms with Gasteiger partial charge in [0.15, 0.2) is 0 Å². The van der Waals surface area contributed by atoms with Gasteiger partial charge >= 0.3 is 24.1 Å². The molecule has 8 rings (SSSR count). The van der Waals surface area contributed by atoms with E-state index in [-0.39, 0.29) is 62.9 Å². The van der Waals surface area contributed by atoms with Crippen molar-refractivity contribution in [2.75, 3.05) is 37.9 Å². The molecule has 2 aliphatic carbocycles. The summed E-state index contributed by atoms with van der Waals surface area (Å²) in [6, 6.07) is 48.2. The van der Waals surface area contributed by atoms with Crippen LogP contribution >= 0.6 is 21.6 Å². The second kappa shape index (κ2) is 42.4. The number of amides is 4. The van der Waals surface area contributed by atoms with Crippen molar-refractivity contribution in [3.05, 3.63) is 191 Å². The van der Waals surface area contributed by atoms with E-state index in [1.807, 2.05) is 158 Å². The Labute approximate surface area is 591 Å². The van der Waals surface area contributed by atoms with Crippen LogP contribution in [-0.2, 0) is 51.0 Å². The monoisotopic (exact) mass is 1370 g/mol. The highest BCUT2D eigenvalue weighted by Crippen LogP contribution is 2.46. The minimum Gasteiger partial charge on any atom is -0.464 e. The number of rotatable bonds is 45. The van der Waals surface area contributed by atoms with Crippen LogP contribution in [0, 0.1) is 11.8 Å². The van der Waals surface area contributed by atoms with Crippen molar-refractivity contribution in [1.82, 2.24) is 21.3 Å². The van der Waals surface area contributed by atoms with Crippen molar-refractivity contribution < 1.29 is 47.7 Å². The van der Waals surface area contributed by atoms with Gasteiger partial charge in [-0.1, -0.05) is 297 Å². The first-order valence-electron chi connectivity index (χ1n) is 36.3. The highest BCUT2D eigenvalue weighted by molar-refractivity contribution is 8.76. The van der Waals surface area contributed by atoms with Gasteiger partial charge in [0.2, 0.25) is 11.8 Å². The molecule has 6 aromatic rings. The third-order valence-corrected chi connectivity index (χ3v) is 21.0. The van der Waals surface area contributed by atoms with Crippen LogP contribution in [0.3, 0.4) is 0 Å². The molecule has 0 unspecified atom stereocenters. The van der Waals surface area contributed by atoms with Gasteiger partial charge in [-0.25, -0.2) is 19.2 Å². The molecule has 4 amide bonds. The van der Waals surface area contributed by atoms with E-state index in [1.165, 1.54) is 75.7 Å². The second-order valence-corrected chi connectivity index (χ2v) is 29.9. The Balaban J connectivity index is 0.605. The summed E-state index contributed by atoms with van der Waals surface area (Å²) in [5.41, 5.74) is 10.8. The van der Waals surface area contributed by atoms with Crippen molar-refractivity contribution in [3.63, 3.8) is 0 Å². The lowest BCUT2D eigenvalue weighted by molar-refractivity contribution is -0.148. The van der Waals surface area contributed by atoms with Crippen molar-refractivity contribution in [3.8, 4) is 22.3 Å². The summed E-state index contributed by atoms with van der Waals surface area (Å²) in [5, 5.41) is 11.5. The Bertz CT molecular complexity index is 3090. The fraction of sp³-hybridized carbons (Fsp3) is 0.488. The molecule has 0 radical (unpaired) electrons. The minimum absolute atomic E-state index is 0.0838. The molecule has 526 valence electrons. The van der Waals surface area contributed by atoms with Crippen LogP contribution in [0.15, 0.2) is 158 Å². The molecule has 16 heteroatoms. The van der Waals surface area contributed by atoms with Gasteiger partial charge in [-0.15, -0.1) is 0 Å². The number of hydrogen-bond donors (Lipinski definition) is 4. The SMILES string of the molecule is CC(C)C[C@H](NC(=O)OCC1c2ccccc2-c2ccccc21)C(=O)N[C@@H](Cc1ccccc1)C(=O)OCCCCCCCCCCCSSCCCCCCCCCCCOC(=O)[C@H](Cc1ccccc1)NC(=O)[C@H](CC(C)C)NC(=O)OCC1c2ccccc2-c2ccccc21. The summed E-state index contributed by atoms with van der Waals surface area (Å²) in [6.45, 7) is 8.79. The second-order valence-electron chi connectivity index (χ2n) is 27.1. The van der Waals surface area contributed by atoms with E-state index >= 15 is 0 Å². The predicted octanol–water partition coefficient (Wildman–Crippen LogP) is 17.8. The first-order chi connectivity index (χ1) is 47.8. The van der Waals surface area contributed by atoms with E-state index < -0.39 is 60.1 Å². The fourth-order valence-corrected chi connectivity index (χ4v) is 15.6. The number of alkyl carbamates (subject to hydrolysis) is 2. The van der Waals surface area contributed by atoms with E-state index in [4.69, 9.17) is 18.9 Å². The molecule has 0 aromatic heterocycles. The molecule has 4 N–H and O–H groups in total. The average molecular weight is 1370 g/mol. The Morgan fingerprint density at radius 2 is 0.622 bits per heavy atom. The lowest BCUT2D eigenvalue weighted by atomic mass is 9.98. The Morgan fingerprint density at radius 1 is 0.337 bits per heavy atom. The number of hydrogen-bond acceptors (Lipinski definition) is 12. The van der Waals surface area contributed by atoms with Crippen LogP contribution in [0.25, 0.3) is 22.3 Å². The average Bonchev–Trinajstić information content (AvgIpc) is 1.63. The molecule has 98 heavy (non-hydrogen) atoms. The molecule has 0 fully saturated rings. The van der Waals surface area contributed by atoms with Crippen molar-refractivity contribution in [2.45, 2.75) is 205 Å². The maximum absolute atomic E-state index is 13.9. The molecule has 0 heterocycles. The largest absolute Gasteiger partial charge is 0.464 e. The molecule has 14 nitrogen and oxygen atoms in total. The summed E-state index contributed by atoms with van der Waals surface area (Å²) >= 11 is 0. The molecule has 0 saturated carbocycles. The van der Waals surface area contributed by atoms with Crippen LogP contribution in [0.5, 0.6) is 0 Å². The van der Waals surface area contributed by atoms with Gasteiger partial charge < -0.3 is 40.2 Å². The highest BCUT2D eigenvalue weighted by atomic mass is 33.1. The maximum atomic E-state index is 13.9. The molecule has 0 bridgehead atoms. The summed E-state index contributed by atoms with van der Waals surface area (Å²) in [5.74, 6) is 0.489. The lowest BCUT2D eigenvalue weighted by Gasteiger charge is -2.24. The topological polar surface area (TPSA) is 187 Å². The summed E-state index contributed by atoms with van der Waals surface area (Å²) < 4.78 is 23.2. The zero-order valence-electron chi connectivity index (χ0n) is 58.3. The predicted molar refractivity (Wildman–Crippen MR) is 397 cm³/mol. The molecular weight excluding hydrogens is 1270 g/mol. The first kappa shape index (κ1) is 76.2. The number of carbonyl (C=O) groups excluding carboxylic acids is 6. The van der Waals surface area contributed by atoms with E-state index in [1.54, 1.807) is 0 Å². The number of nitrogens with one attached hydrogen (secondary N) is 4. The van der Waals surface area contributed by atoms with Gasteiger partial charge in [-0.05, 0) is 106 Å². The van der Waals surface area contributed by atoms with E-state index in [0.29, 0.717) is 12.8 Å². The summed E-state index contributed by atoms with van der Waals surface area (Å²) in [7, 11) is 4.03. The van der Waals surface area contributed by atoms with Crippen molar-refractivity contribution in [2.24, 2.45) is 11.8 Å². The third kappa shape index (κ3) is 25.3. The van der Waals surface area contributed by atoms with Gasteiger partial charge in [0.1, 0.15) is 37.4 Å². The summed E-state index contributed by atoms with van der Waals surface area (Å²) in [6.07, 6.45) is 20.4. The number of fused-ring (bicyclic) bond motifs is 6. The molecule has 0 spiro atoms. The number of benzene rings is 6. The van der Waals surface area contributed by atoms with Gasteiger partial charge in [0.05, 0.1) is 13.2 Å². The zero-order valence-corrected chi connectivity index (χ0v) is 60.0. The number of carbonyl (C=O) groups is 6. The van der Waals surface area contributed by atoms with Crippen LogP contribution in [0.4, 0.5) is 9.59 Å². The zero-order chi connectivity index (χ0) is 69.1. The molecule has 6 aromatic carbocycles. The van der Waals surface area contributed by atoms with E-state index in [2.05, 4.69) is 69.8 Å². The van der Waals surface area contributed by atoms with Crippen LogP contribution in [0.1, 0.15) is 201 Å². The van der Waals surface area contributed by atoms with Crippen LogP contribution < -0.4 is 21.3 Å². The number of unbranched alkanes of at least 4 members (excludes halogenated alkanes) is 16. The van der Waals surface area contributed by atoms with Crippen LogP contribution in [-0.4, -0.2) is 98.0 Å². The Morgan fingerprint density at radius 3 is 0.939 bits per heavy atom. The normalized spacial score (nSPS) is 13.5. The molecule has 2 aliphatic rings. The van der Waals surface area contributed by atoms with Gasteiger partial charge in [0, 0.05) is 36.2 Å². The standard InChI is InChI=1S/C82H106N4O10S2/c1-59(2)53-73(85-81(91)95-57-71-67-45-29-25-41-63(67)64-42-26-30-46-68(64)71)77(87)83-75(55-61-37-21-19-22-38-61)79(89)93-49-33-15-11-7-5-9-13-17-35-51-97-98-52-36-18-14-10-6-8-12-16-34-50-94-80(90)76(56-62-39-23-20-24-40-62)84-78(88)74(54-60(3)4)86-82(92)96-58-72-69-47-31-27-43-65(69)66-44-28-32-48-70(66)72/h19-32,37-48,59-60,71-76H,5-18,33-36,49-58H2,1-4H3,(H,83,87)(H,84,88)(H,85,91)(H,86,92)/t73-,74-,75-,76-/m0/s1. The maximum Gasteiger partial charge on any atom is 0.407 e. The van der Waals surface area contributed by atoms with Gasteiger partial charge in [-0.3, -0.25) is 9.59 Å². The van der Waals surface area contributed by atoms with E-state index in [0.717, 1.165) is 107 Å². The first-order valence-corrected chi connectivity index (χ1v) is 38.8. The van der Waals surface area contributed by atoms with E-state index in [9.17, 15) is 28.8 Å². The third-order valence-electron chi connectivity index (χ3n) is 18.4. The molecule has 0 saturated heterocycles.